The number of fused-ring (bicyclic) bond motifs is 3. The van der Waals surface area contributed by atoms with Crippen LogP contribution in [0.2, 0.25) is 0 Å². The summed E-state index contributed by atoms with van der Waals surface area (Å²) in [6.07, 6.45) is -10.6. The largest absolute Gasteiger partial charge is 0.490 e. The number of carboxylic acid groups (broad SMARTS) is 2. The highest BCUT2D eigenvalue weighted by atomic mass is 79.9. The fourth-order valence-corrected chi connectivity index (χ4v) is 4.43. The van der Waals surface area contributed by atoms with Crippen molar-refractivity contribution in [3.8, 4) is 0 Å². The number of aliphatic hydroxyl groups is 1. The molecule has 0 spiro atoms. The van der Waals surface area contributed by atoms with E-state index in [2.05, 4.69) is 83.0 Å². The van der Waals surface area contributed by atoms with Gasteiger partial charge in [-0.05, 0) is 36.4 Å². The van der Waals surface area contributed by atoms with Crippen molar-refractivity contribution in [3.05, 3.63) is 45.3 Å². The first kappa shape index (κ1) is 32.8. The number of nitrogens with one attached hydrogen (secondary N) is 1. The summed E-state index contributed by atoms with van der Waals surface area (Å²) >= 11 is 7.16. The SMILES string of the molecule is O=C(O)C(F)(F)F.O=C(O)C(F)(F)F.OC(CN1CCNCC1)Cn1c2ccc(Br)cc2c2cc(Br)ccc21. The van der Waals surface area contributed by atoms with E-state index in [9.17, 15) is 31.4 Å². The highest BCUT2D eigenvalue weighted by Crippen LogP contribution is 2.33. The molecule has 1 saturated heterocycles. The quantitative estimate of drug-likeness (QED) is 0.289. The first-order chi connectivity index (χ1) is 18.0. The van der Waals surface area contributed by atoms with Crippen LogP contribution in [0.1, 0.15) is 0 Å². The summed E-state index contributed by atoms with van der Waals surface area (Å²) < 4.78 is 67.9. The number of hydrogen-bond donors (Lipinski definition) is 4. The molecule has 8 nitrogen and oxygen atoms in total. The Balaban J connectivity index is 0.000000317. The van der Waals surface area contributed by atoms with Crippen molar-refractivity contribution >= 4 is 65.6 Å². The lowest BCUT2D eigenvalue weighted by Gasteiger charge is -2.29. The number of carbonyl (C=O) groups is 2. The summed E-state index contributed by atoms with van der Waals surface area (Å²) in [5.41, 5.74) is 2.33. The molecule has 2 aromatic carbocycles. The van der Waals surface area contributed by atoms with Crippen LogP contribution in [0.5, 0.6) is 0 Å². The summed E-state index contributed by atoms with van der Waals surface area (Å²) in [7, 11) is 0. The lowest BCUT2D eigenvalue weighted by Crippen LogP contribution is -2.46. The molecular formula is C23H23Br2F6N3O5. The number of aliphatic hydroxyl groups excluding tert-OH is 1. The maximum Gasteiger partial charge on any atom is 0.490 e. The summed E-state index contributed by atoms with van der Waals surface area (Å²) in [4.78, 5) is 20.1. The molecule has 4 rings (SSSR count). The number of hydrogen-bond acceptors (Lipinski definition) is 5. The molecule has 4 N–H and O–H groups in total. The third kappa shape index (κ3) is 9.94. The van der Waals surface area contributed by atoms with Crippen LogP contribution >= 0.6 is 31.9 Å². The fourth-order valence-electron chi connectivity index (χ4n) is 3.71. The Kier molecular flexibility index (Phi) is 11.6. The minimum atomic E-state index is -5.08. The molecule has 3 aromatic rings. The summed E-state index contributed by atoms with van der Waals surface area (Å²) in [5, 5.41) is 30.7. The molecule has 0 bridgehead atoms. The van der Waals surface area contributed by atoms with E-state index < -0.39 is 24.3 Å². The van der Waals surface area contributed by atoms with Gasteiger partial charge in [-0.1, -0.05) is 31.9 Å². The number of aliphatic carboxylic acids is 2. The zero-order chi connectivity index (χ0) is 29.5. The number of β-amino-alcohol motifs (C(OH)–C–C–N with tert-alkyl or cyclic N) is 1. The number of benzene rings is 2. The number of carboxylic acids is 2. The molecule has 0 radical (unpaired) electrons. The van der Waals surface area contributed by atoms with E-state index in [4.69, 9.17) is 19.8 Å². The van der Waals surface area contributed by atoms with Crippen LogP contribution in [0.4, 0.5) is 26.3 Å². The molecule has 216 valence electrons. The monoisotopic (exact) mass is 693 g/mol. The molecule has 0 amide bonds. The molecule has 1 atom stereocenters. The number of alkyl halides is 6. The molecule has 1 aliphatic rings. The van der Waals surface area contributed by atoms with Crippen molar-refractivity contribution in [2.24, 2.45) is 0 Å². The smallest absolute Gasteiger partial charge is 0.475 e. The highest BCUT2D eigenvalue weighted by molar-refractivity contribution is 9.10. The standard InChI is InChI=1S/C19H21Br2N3O.2C2HF3O2/c20-13-1-3-18-16(9-13)17-10-14(21)2-4-19(17)24(18)12-15(25)11-23-7-5-22-6-8-23;2*3-2(4,5)1(6)7/h1-4,9-10,15,22,25H,5-8,11-12H2;2*(H,6,7). The normalized spacial score (nSPS) is 15.2. The molecule has 2 heterocycles. The topological polar surface area (TPSA) is 115 Å². The van der Waals surface area contributed by atoms with E-state index in [1.165, 1.54) is 10.8 Å². The van der Waals surface area contributed by atoms with Gasteiger partial charge in [-0.15, -0.1) is 0 Å². The van der Waals surface area contributed by atoms with E-state index in [-0.39, 0.29) is 6.10 Å². The first-order valence-electron chi connectivity index (χ1n) is 11.1. The molecule has 0 saturated carbocycles. The Labute approximate surface area is 234 Å². The first-order valence-corrected chi connectivity index (χ1v) is 12.7. The van der Waals surface area contributed by atoms with Crippen LogP contribution in [0, 0.1) is 0 Å². The summed E-state index contributed by atoms with van der Waals surface area (Å²) in [6.45, 7) is 5.34. The number of aromatic nitrogens is 1. The van der Waals surface area contributed by atoms with Crippen LogP contribution in [-0.2, 0) is 16.1 Å². The molecule has 0 aliphatic carbocycles. The number of halogens is 8. The van der Waals surface area contributed by atoms with Gasteiger partial charge in [-0.3, -0.25) is 4.90 Å². The predicted molar refractivity (Wildman–Crippen MR) is 138 cm³/mol. The third-order valence-electron chi connectivity index (χ3n) is 5.35. The van der Waals surface area contributed by atoms with Gasteiger partial charge in [0.2, 0.25) is 0 Å². The van der Waals surface area contributed by atoms with Gasteiger partial charge in [0.05, 0.1) is 12.6 Å². The number of piperazine rings is 1. The van der Waals surface area contributed by atoms with Gasteiger partial charge in [-0.2, -0.15) is 26.3 Å². The van der Waals surface area contributed by atoms with Crippen molar-refractivity contribution in [2.45, 2.75) is 25.0 Å². The van der Waals surface area contributed by atoms with E-state index in [0.29, 0.717) is 6.54 Å². The Morgan fingerprint density at radius 2 is 1.21 bits per heavy atom. The minimum Gasteiger partial charge on any atom is -0.475 e. The summed E-state index contributed by atoms with van der Waals surface area (Å²) in [5.74, 6) is -5.51. The second-order valence-electron chi connectivity index (χ2n) is 8.24. The maximum absolute atomic E-state index is 10.7. The van der Waals surface area contributed by atoms with Crippen molar-refractivity contribution in [1.82, 2.24) is 14.8 Å². The minimum absolute atomic E-state index is 0.385. The second-order valence-corrected chi connectivity index (χ2v) is 10.1. The zero-order valence-electron chi connectivity index (χ0n) is 19.9. The van der Waals surface area contributed by atoms with Crippen LogP contribution in [0.25, 0.3) is 21.8 Å². The van der Waals surface area contributed by atoms with Gasteiger partial charge in [0.1, 0.15) is 0 Å². The van der Waals surface area contributed by atoms with Gasteiger partial charge in [0.25, 0.3) is 0 Å². The molecule has 1 unspecified atom stereocenters. The van der Waals surface area contributed by atoms with Crippen molar-refractivity contribution in [1.29, 1.82) is 0 Å². The maximum atomic E-state index is 10.7. The number of nitrogens with zero attached hydrogens (tertiary/aromatic N) is 2. The van der Waals surface area contributed by atoms with Crippen LogP contribution in [0.3, 0.4) is 0 Å². The van der Waals surface area contributed by atoms with Gasteiger partial charge in [0, 0.05) is 63.5 Å². The lowest BCUT2D eigenvalue weighted by atomic mass is 10.2. The van der Waals surface area contributed by atoms with Gasteiger partial charge in [0.15, 0.2) is 0 Å². The average Bonchev–Trinajstić information content (AvgIpc) is 3.11. The van der Waals surface area contributed by atoms with Crippen LogP contribution in [0.15, 0.2) is 45.3 Å². The lowest BCUT2D eigenvalue weighted by molar-refractivity contribution is -0.193. The Morgan fingerprint density at radius 3 is 1.56 bits per heavy atom. The van der Waals surface area contributed by atoms with E-state index in [1.54, 1.807) is 0 Å². The highest BCUT2D eigenvalue weighted by Gasteiger charge is 2.38. The fraction of sp³-hybridized carbons (Fsp3) is 0.391. The molecule has 1 fully saturated rings. The predicted octanol–water partition coefficient (Wildman–Crippen LogP) is 4.85. The Hall–Kier alpha value is -2.40. The Bertz CT molecular complexity index is 1210. The second kappa shape index (κ2) is 13.8. The number of rotatable bonds is 4. The average molecular weight is 695 g/mol. The van der Waals surface area contributed by atoms with Gasteiger partial charge >= 0.3 is 24.3 Å². The zero-order valence-corrected chi connectivity index (χ0v) is 23.0. The van der Waals surface area contributed by atoms with E-state index in [0.717, 1.165) is 52.7 Å². The van der Waals surface area contributed by atoms with Crippen molar-refractivity contribution in [2.75, 3.05) is 32.7 Å². The Morgan fingerprint density at radius 1 is 0.821 bits per heavy atom. The van der Waals surface area contributed by atoms with E-state index >= 15 is 0 Å². The van der Waals surface area contributed by atoms with Gasteiger partial charge in [-0.25, -0.2) is 9.59 Å². The van der Waals surface area contributed by atoms with Crippen molar-refractivity contribution < 1.29 is 51.3 Å². The van der Waals surface area contributed by atoms with Crippen LogP contribution < -0.4 is 5.32 Å². The van der Waals surface area contributed by atoms with Crippen molar-refractivity contribution in [3.63, 3.8) is 0 Å². The molecule has 39 heavy (non-hydrogen) atoms. The van der Waals surface area contributed by atoms with E-state index in [1.807, 2.05) is 0 Å². The molecule has 1 aromatic heterocycles. The summed E-state index contributed by atoms with van der Waals surface area (Å²) in [6, 6.07) is 12.7. The third-order valence-corrected chi connectivity index (χ3v) is 6.33. The van der Waals surface area contributed by atoms with Gasteiger partial charge < -0.3 is 25.2 Å². The molecular weight excluding hydrogens is 672 g/mol. The molecule has 1 aliphatic heterocycles. The van der Waals surface area contributed by atoms with Crippen LogP contribution in [-0.4, -0.2) is 87.9 Å². The molecule has 16 heteroatoms.